The molecule has 5 rings (SSSR count). The summed E-state index contributed by atoms with van der Waals surface area (Å²) < 4.78 is 13.8. The maximum absolute atomic E-state index is 7.45. The predicted molar refractivity (Wildman–Crippen MR) is 170 cm³/mol. The highest BCUT2D eigenvalue weighted by Gasteiger charge is 2.46. The Bertz CT molecular complexity index is 1320. The molecule has 0 saturated carbocycles. The van der Waals surface area contributed by atoms with Crippen molar-refractivity contribution in [2.24, 2.45) is 16.8 Å². The summed E-state index contributed by atoms with van der Waals surface area (Å²) in [6.07, 6.45) is 1.84. The van der Waals surface area contributed by atoms with Crippen LogP contribution in [0.4, 0.5) is 0 Å². The minimum atomic E-state index is -1.04. The molecule has 0 spiro atoms. The Hall–Kier alpha value is -3.26. The van der Waals surface area contributed by atoms with E-state index in [4.69, 9.17) is 14.3 Å². The van der Waals surface area contributed by atoms with Crippen LogP contribution in [0.25, 0.3) is 11.1 Å². The van der Waals surface area contributed by atoms with Crippen LogP contribution >= 0.6 is 8.15 Å². The van der Waals surface area contributed by atoms with Gasteiger partial charge in [0.2, 0.25) is 5.90 Å². The average Bonchev–Trinajstić information content (AvgIpc) is 3.48. The highest BCUT2D eigenvalue weighted by molar-refractivity contribution is 7.68. The molecule has 40 heavy (non-hydrogen) atoms. The molecule has 3 nitrogen and oxygen atoms in total. The smallest absolute Gasteiger partial charge is 0.216 e. The summed E-state index contributed by atoms with van der Waals surface area (Å²) in [5, 5.41) is 2.44. The van der Waals surface area contributed by atoms with Crippen LogP contribution in [0.3, 0.4) is 0 Å². The third-order valence-corrected chi connectivity index (χ3v) is 9.34. The third kappa shape index (κ3) is 6.72. The molecule has 1 atom stereocenters. The number of hydrogen-bond donors (Lipinski definition) is 0. The zero-order chi connectivity index (χ0) is 28.0. The van der Waals surface area contributed by atoms with Crippen molar-refractivity contribution in [3.05, 3.63) is 121 Å². The van der Waals surface area contributed by atoms with Crippen molar-refractivity contribution in [1.82, 2.24) is 0 Å². The van der Waals surface area contributed by atoms with Gasteiger partial charge < -0.3 is 9.26 Å². The molecule has 0 unspecified atom stereocenters. The molecule has 0 N–H and O–H groups in total. The van der Waals surface area contributed by atoms with Crippen molar-refractivity contribution in [3.63, 3.8) is 0 Å². The van der Waals surface area contributed by atoms with Gasteiger partial charge in [-0.05, 0) is 47.9 Å². The topological polar surface area (TPSA) is 30.8 Å². The van der Waals surface area contributed by atoms with Crippen molar-refractivity contribution < 1.29 is 9.26 Å². The minimum absolute atomic E-state index is 0.0847. The largest absolute Gasteiger partial charge is 0.475 e. The maximum Gasteiger partial charge on any atom is 0.216 e. The Morgan fingerprint density at radius 1 is 0.675 bits per heavy atom. The summed E-state index contributed by atoms with van der Waals surface area (Å²) in [4.78, 5) is 5.26. The average molecular weight is 550 g/mol. The molecule has 0 fully saturated rings. The Balaban J connectivity index is 1.51. The molecule has 1 aliphatic heterocycles. The lowest BCUT2D eigenvalue weighted by atomic mass is 9.80. The van der Waals surface area contributed by atoms with Crippen LogP contribution in [-0.4, -0.2) is 24.1 Å². The Morgan fingerprint density at radius 2 is 1.12 bits per heavy atom. The van der Waals surface area contributed by atoms with Gasteiger partial charge in [0.25, 0.3) is 0 Å². The molecular weight excluding hydrogens is 509 g/mol. The lowest BCUT2D eigenvalue weighted by Gasteiger charge is -2.42. The maximum atomic E-state index is 7.45. The Kier molecular flexibility index (Phi) is 9.15. The van der Waals surface area contributed by atoms with Gasteiger partial charge in [-0.3, -0.25) is 0 Å². The highest BCUT2D eigenvalue weighted by Crippen LogP contribution is 2.47. The standard InChI is InChI=1S/C36H40NO2P/c1-27(2)24-36(25-28(3)4,39-40(32-16-10-6-11-17-32)33-18-12-7-13-19-33)34-26-38-35(37-34)31-22-20-30(21-23-31)29-14-8-5-9-15-29/h5-23,27-28,34H,24-26H2,1-4H3/t34-/m0/s1. The number of ether oxygens (including phenoxy) is 1. The summed E-state index contributed by atoms with van der Waals surface area (Å²) in [5.74, 6) is 1.62. The fourth-order valence-corrected chi connectivity index (χ4v) is 7.70. The molecule has 0 saturated heterocycles. The number of hydrogen-bond acceptors (Lipinski definition) is 3. The molecule has 1 aliphatic rings. The quantitative estimate of drug-likeness (QED) is 0.176. The van der Waals surface area contributed by atoms with Crippen LogP contribution in [0.5, 0.6) is 0 Å². The van der Waals surface area contributed by atoms with Gasteiger partial charge in [0.15, 0.2) is 0 Å². The Labute approximate surface area is 241 Å². The van der Waals surface area contributed by atoms with Gasteiger partial charge in [0, 0.05) is 16.2 Å². The van der Waals surface area contributed by atoms with Crippen molar-refractivity contribution in [2.75, 3.05) is 6.61 Å². The lowest BCUT2D eigenvalue weighted by Crippen LogP contribution is -2.47. The van der Waals surface area contributed by atoms with E-state index in [2.05, 4.69) is 137 Å². The second-order valence-corrected chi connectivity index (χ2v) is 13.3. The van der Waals surface area contributed by atoms with Crippen LogP contribution in [0, 0.1) is 11.8 Å². The first-order valence-corrected chi connectivity index (χ1v) is 15.7. The fourth-order valence-electron chi connectivity index (χ4n) is 5.67. The fraction of sp³-hybridized carbons (Fsp3) is 0.306. The third-order valence-electron chi connectivity index (χ3n) is 7.26. The zero-order valence-electron chi connectivity index (χ0n) is 24.0. The first-order valence-electron chi connectivity index (χ1n) is 14.4. The molecule has 4 aromatic rings. The first-order chi connectivity index (χ1) is 19.4. The van der Waals surface area contributed by atoms with Gasteiger partial charge in [0.05, 0.1) is 13.7 Å². The minimum Gasteiger partial charge on any atom is -0.475 e. The van der Waals surface area contributed by atoms with Crippen LogP contribution in [0.1, 0.15) is 46.1 Å². The van der Waals surface area contributed by atoms with Gasteiger partial charge in [-0.25, -0.2) is 4.99 Å². The van der Waals surface area contributed by atoms with E-state index >= 15 is 0 Å². The molecule has 4 aromatic carbocycles. The van der Waals surface area contributed by atoms with E-state index in [-0.39, 0.29) is 6.04 Å². The second kappa shape index (κ2) is 12.9. The summed E-state index contributed by atoms with van der Waals surface area (Å²) in [6, 6.07) is 40.3. The molecule has 0 bridgehead atoms. The molecule has 0 amide bonds. The van der Waals surface area contributed by atoms with E-state index in [0.29, 0.717) is 24.3 Å². The normalized spacial score (nSPS) is 15.5. The van der Waals surface area contributed by atoms with Crippen molar-refractivity contribution in [3.8, 4) is 11.1 Å². The first kappa shape index (κ1) is 28.3. The SMILES string of the molecule is CC(C)CC(CC(C)C)(OP(c1ccccc1)c1ccccc1)[C@@H]1COC(c2ccc(-c3ccccc3)cc2)=N1. The van der Waals surface area contributed by atoms with Gasteiger partial charge in [-0.2, -0.15) is 0 Å². The second-order valence-electron chi connectivity index (χ2n) is 11.5. The lowest BCUT2D eigenvalue weighted by molar-refractivity contribution is 0.00892. The zero-order valence-corrected chi connectivity index (χ0v) is 24.9. The van der Waals surface area contributed by atoms with E-state index in [1.54, 1.807) is 0 Å². The van der Waals surface area contributed by atoms with E-state index in [0.717, 1.165) is 18.4 Å². The van der Waals surface area contributed by atoms with E-state index in [1.165, 1.54) is 21.7 Å². The van der Waals surface area contributed by atoms with Crippen molar-refractivity contribution in [2.45, 2.75) is 52.2 Å². The molecule has 4 heteroatoms. The van der Waals surface area contributed by atoms with Gasteiger partial charge in [-0.15, -0.1) is 0 Å². The van der Waals surface area contributed by atoms with E-state index in [9.17, 15) is 0 Å². The van der Waals surface area contributed by atoms with Crippen LogP contribution in [0.15, 0.2) is 120 Å². The van der Waals surface area contributed by atoms with Crippen molar-refractivity contribution in [1.29, 1.82) is 0 Å². The molecule has 206 valence electrons. The van der Waals surface area contributed by atoms with Crippen molar-refractivity contribution >= 4 is 24.7 Å². The molecule has 1 heterocycles. The van der Waals surface area contributed by atoms with Gasteiger partial charge >= 0.3 is 0 Å². The monoisotopic (exact) mass is 549 g/mol. The highest BCUT2D eigenvalue weighted by atomic mass is 31.1. The predicted octanol–water partition coefficient (Wildman–Crippen LogP) is 8.39. The van der Waals surface area contributed by atoms with Gasteiger partial charge in [0.1, 0.15) is 12.6 Å². The molecule has 0 aliphatic carbocycles. The van der Waals surface area contributed by atoms with E-state index < -0.39 is 13.7 Å². The summed E-state index contributed by atoms with van der Waals surface area (Å²) in [6.45, 7) is 9.67. The number of benzene rings is 4. The van der Waals surface area contributed by atoms with Gasteiger partial charge in [-0.1, -0.05) is 131 Å². The summed E-state index contributed by atoms with van der Waals surface area (Å²) in [7, 11) is -1.04. The summed E-state index contributed by atoms with van der Waals surface area (Å²) >= 11 is 0. The van der Waals surface area contributed by atoms with E-state index in [1.807, 2.05) is 6.07 Å². The molecule has 0 radical (unpaired) electrons. The summed E-state index contributed by atoms with van der Waals surface area (Å²) in [5.41, 5.74) is 2.95. The number of aliphatic imine (C=N–C) groups is 1. The Morgan fingerprint density at radius 3 is 1.62 bits per heavy atom. The number of nitrogens with zero attached hydrogens (tertiary/aromatic N) is 1. The molecule has 0 aromatic heterocycles. The van der Waals surface area contributed by atoms with Crippen LogP contribution in [0.2, 0.25) is 0 Å². The van der Waals surface area contributed by atoms with Crippen LogP contribution < -0.4 is 10.6 Å². The molecular formula is C36H40NO2P. The van der Waals surface area contributed by atoms with Crippen LogP contribution in [-0.2, 0) is 9.26 Å². The number of rotatable bonds is 11.